The second-order valence-electron chi connectivity index (χ2n) is 6.16. The summed E-state index contributed by atoms with van der Waals surface area (Å²) < 4.78 is 7.73. The highest BCUT2D eigenvalue weighted by molar-refractivity contribution is 5.74. The summed E-state index contributed by atoms with van der Waals surface area (Å²) in [7, 11) is 0. The summed E-state index contributed by atoms with van der Waals surface area (Å²) in [4.78, 5) is 12.0. The average Bonchev–Trinajstić information content (AvgIpc) is 3.11. The predicted octanol–water partition coefficient (Wildman–Crippen LogP) is 1.37. The highest BCUT2D eigenvalue weighted by atomic mass is 16.5. The van der Waals surface area contributed by atoms with Crippen molar-refractivity contribution in [1.82, 2.24) is 25.4 Å². The molecule has 1 saturated heterocycles. The van der Waals surface area contributed by atoms with E-state index >= 15 is 0 Å². The first-order valence-corrected chi connectivity index (χ1v) is 8.31. The van der Waals surface area contributed by atoms with Gasteiger partial charge in [-0.05, 0) is 32.6 Å². The van der Waals surface area contributed by atoms with Crippen LogP contribution in [0.25, 0.3) is 0 Å². The fourth-order valence-corrected chi connectivity index (χ4v) is 3.18. The molecule has 0 saturated carbocycles. The van der Waals surface area contributed by atoms with Crippen LogP contribution >= 0.6 is 0 Å². The standard InChI is InChI=1S/C15H25N5O2/c1-11(12-6-5-9-22-12)17-15(21)16-10-14-19-18-13-7-3-2-4-8-20(13)14/h11-12H,2-10H2,1H3,(H2,16,17,21)/t11-,12+/m0/s1. The minimum atomic E-state index is -0.172. The number of urea groups is 1. The molecule has 0 spiro atoms. The quantitative estimate of drug-likeness (QED) is 0.880. The highest BCUT2D eigenvalue weighted by Crippen LogP contribution is 2.16. The number of carbonyl (C=O) groups is 1. The zero-order valence-electron chi connectivity index (χ0n) is 13.2. The third-order valence-electron chi connectivity index (χ3n) is 4.47. The minimum Gasteiger partial charge on any atom is -0.376 e. The van der Waals surface area contributed by atoms with Crippen LogP contribution in [0.3, 0.4) is 0 Å². The van der Waals surface area contributed by atoms with Crippen molar-refractivity contribution in [3.63, 3.8) is 0 Å². The molecular formula is C15H25N5O2. The maximum atomic E-state index is 12.0. The topological polar surface area (TPSA) is 81.1 Å². The molecule has 122 valence electrons. The minimum absolute atomic E-state index is 0.0259. The largest absolute Gasteiger partial charge is 0.376 e. The van der Waals surface area contributed by atoms with E-state index in [1.165, 1.54) is 12.8 Å². The van der Waals surface area contributed by atoms with Crippen LogP contribution in [-0.2, 0) is 24.2 Å². The molecule has 0 bridgehead atoms. The number of rotatable bonds is 4. The Morgan fingerprint density at radius 1 is 1.36 bits per heavy atom. The van der Waals surface area contributed by atoms with Crippen molar-refractivity contribution in [2.75, 3.05) is 6.61 Å². The predicted molar refractivity (Wildman–Crippen MR) is 81.4 cm³/mol. The molecule has 0 radical (unpaired) electrons. The normalized spacial score (nSPS) is 22.7. The molecule has 2 atom stereocenters. The monoisotopic (exact) mass is 307 g/mol. The van der Waals surface area contributed by atoms with Crippen molar-refractivity contribution >= 4 is 6.03 Å². The number of amides is 2. The van der Waals surface area contributed by atoms with E-state index in [0.29, 0.717) is 6.54 Å². The lowest BCUT2D eigenvalue weighted by molar-refractivity contribution is 0.0860. The molecule has 3 heterocycles. The van der Waals surface area contributed by atoms with Gasteiger partial charge in [-0.1, -0.05) is 6.42 Å². The fourth-order valence-electron chi connectivity index (χ4n) is 3.18. The van der Waals surface area contributed by atoms with Gasteiger partial charge < -0.3 is 19.9 Å². The number of carbonyl (C=O) groups excluding carboxylic acids is 1. The number of hydrogen-bond donors (Lipinski definition) is 2. The van der Waals surface area contributed by atoms with Gasteiger partial charge in [0.1, 0.15) is 5.82 Å². The SMILES string of the molecule is C[C@H](NC(=O)NCc1nnc2n1CCCCC2)[C@H]1CCCO1. The number of nitrogens with one attached hydrogen (secondary N) is 2. The summed E-state index contributed by atoms with van der Waals surface area (Å²) in [6.07, 6.45) is 6.76. The maximum Gasteiger partial charge on any atom is 0.315 e. The smallest absolute Gasteiger partial charge is 0.315 e. The van der Waals surface area contributed by atoms with E-state index in [1.807, 2.05) is 6.92 Å². The van der Waals surface area contributed by atoms with Gasteiger partial charge in [0.2, 0.25) is 0 Å². The summed E-state index contributed by atoms with van der Waals surface area (Å²) in [5, 5.41) is 14.3. The Morgan fingerprint density at radius 2 is 2.27 bits per heavy atom. The lowest BCUT2D eigenvalue weighted by Crippen LogP contribution is -2.45. The average molecular weight is 307 g/mol. The first-order valence-electron chi connectivity index (χ1n) is 8.31. The van der Waals surface area contributed by atoms with Crippen molar-refractivity contribution in [2.45, 2.75) is 70.7 Å². The molecule has 1 aromatic rings. The van der Waals surface area contributed by atoms with Gasteiger partial charge in [0.15, 0.2) is 5.82 Å². The summed E-state index contributed by atoms with van der Waals surface area (Å²) >= 11 is 0. The molecular weight excluding hydrogens is 282 g/mol. The van der Waals surface area contributed by atoms with Crippen molar-refractivity contribution in [1.29, 1.82) is 0 Å². The Labute approximate surface area is 130 Å². The van der Waals surface area contributed by atoms with E-state index in [9.17, 15) is 4.79 Å². The molecule has 7 nitrogen and oxygen atoms in total. The van der Waals surface area contributed by atoms with Crippen LogP contribution in [0.2, 0.25) is 0 Å². The second kappa shape index (κ2) is 7.09. The van der Waals surface area contributed by atoms with Gasteiger partial charge in [0, 0.05) is 19.6 Å². The van der Waals surface area contributed by atoms with Gasteiger partial charge in [0.05, 0.1) is 18.7 Å². The molecule has 22 heavy (non-hydrogen) atoms. The second-order valence-corrected chi connectivity index (χ2v) is 6.16. The number of ether oxygens (including phenoxy) is 1. The molecule has 2 aliphatic heterocycles. The van der Waals surface area contributed by atoms with Gasteiger partial charge in [-0.15, -0.1) is 10.2 Å². The maximum absolute atomic E-state index is 12.0. The lowest BCUT2D eigenvalue weighted by atomic mass is 10.1. The molecule has 0 aromatic carbocycles. The Kier molecular flexibility index (Phi) is 4.92. The summed E-state index contributed by atoms with van der Waals surface area (Å²) in [5.74, 6) is 1.89. The molecule has 2 amide bonds. The summed E-state index contributed by atoms with van der Waals surface area (Å²) in [5.41, 5.74) is 0. The van der Waals surface area contributed by atoms with Crippen LogP contribution in [0, 0.1) is 0 Å². The van der Waals surface area contributed by atoms with Crippen molar-refractivity contribution in [3.8, 4) is 0 Å². The fraction of sp³-hybridized carbons (Fsp3) is 0.800. The Hall–Kier alpha value is -1.63. The van der Waals surface area contributed by atoms with Crippen LogP contribution in [0.5, 0.6) is 0 Å². The lowest BCUT2D eigenvalue weighted by Gasteiger charge is -2.20. The zero-order valence-corrected chi connectivity index (χ0v) is 13.2. The van der Waals surface area contributed by atoms with Gasteiger partial charge in [-0.2, -0.15) is 0 Å². The number of aromatic nitrogens is 3. The molecule has 0 unspecified atom stereocenters. The van der Waals surface area contributed by atoms with Gasteiger partial charge >= 0.3 is 6.03 Å². The van der Waals surface area contributed by atoms with Crippen LogP contribution in [0.15, 0.2) is 0 Å². The number of hydrogen-bond acceptors (Lipinski definition) is 4. The molecule has 2 N–H and O–H groups in total. The highest BCUT2D eigenvalue weighted by Gasteiger charge is 2.23. The number of aryl methyl sites for hydroxylation is 1. The summed E-state index contributed by atoms with van der Waals surface area (Å²) in [6.45, 7) is 4.15. The number of nitrogens with zero attached hydrogens (tertiary/aromatic N) is 3. The van der Waals surface area contributed by atoms with Gasteiger partial charge in [-0.25, -0.2) is 4.79 Å². The van der Waals surface area contributed by atoms with Gasteiger partial charge in [0.25, 0.3) is 0 Å². The van der Waals surface area contributed by atoms with E-state index < -0.39 is 0 Å². The Balaban J connectivity index is 1.49. The van der Waals surface area contributed by atoms with Crippen molar-refractivity contribution < 1.29 is 9.53 Å². The van der Waals surface area contributed by atoms with Crippen LogP contribution < -0.4 is 10.6 Å². The zero-order chi connectivity index (χ0) is 15.4. The molecule has 0 aliphatic carbocycles. The molecule has 3 rings (SSSR count). The van der Waals surface area contributed by atoms with Crippen LogP contribution in [0.1, 0.15) is 50.7 Å². The molecule has 1 aromatic heterocycles. The third kappa shape index (κ3) is 3.58. The molecule has 7 heteroatoms. The van der Waals surface area contributed by atoms with E-state index in [2.05, 4.69) is 25.4 Å². The number of fused-ring (bicyclic) bond motifs is 1. The van der Waals surface area contributed by atoms with E-state index in [4.69, 9.17) is 4.74 Å². The summed E-state index contributed by atoms with van der Waals surface area (Å²) in [6, 6.07) is -0.146. The van der Waals surface area contributed by atoms with Crippen molar-refractivity contribution in [3.05, 3.63) is 11.6 Å². The first-order chi connectivity index (χ1) is 10.7. The molecule has 2 aliphatic rings. The Bertz CT molecular complexity index is 510. The Morgan fingerprint density at radius 3 is 3.09 bits per heavy atom. The van der Waals surface area contributed by atoms with Crippen LogP contribution in [0.4, 0.5) is 4.79 Å². The third-order valence-corrected chi connectivity index (χ3v) is 4.47. The van der Waals surface area contributed by atoms with E-state index in [-0.39, 0.29) is 18.2 Å². The van der Waals surface area contributed by atoms with Gasteiger partial charge in [-0.3, -0.25) is 0 Å². The molecule has 1 fully saturated rings. The van der Waals surface area contributed by atoms with E-state index in [0.717, 1.165) is 50.5 Å². The van der Waals surface area contributed by atoms with Crippen LogP contribution in [-0.4, -0.2) is 39.5 Å². The first kappa shape index (κ1) is 15.3. The van der Waals surface area contributed by atoms with Crippen molar-refractivity contribution in [2.24, 2.45) is 0 Å². The van der Waals surface area contributed by atoms with E-state index in [1.54, 1.807) is 0 Å².